The van der Waals surface area contributed by atoms with Crippen molar-refractivity contribution in [1.29, 1.82) is 0 Å². The molecule has 30 heavy (non-hydrogen) atoms. The number of benzene rings is 1. The zero-order valence-corrected chi connectivity index (χ0v) is 17.7. The minimum atomic E-state index is -0.536. The van der Waals surface area contributed by atoms with Gasteiger partial charge in [0, 0.05) is 36.4 Å². The third kappa shape index (κ3) is 4.64. The first-order valence-corrected chi connectivity index (χ1v) is 11.1. The Hall–Kier alpha value is -2.87. The van der Waals surface area contributed by atoms with Crippen LogP contribution in [0.2, 0.25) is 0 Å². The summed E-state index contributed by atoms with van der Waals surface area (Å²) in [6.45, 7) is 3.69. The Balaban J connectivity index is 1.24. The van der Waals surface area contributed by atoms with Crippen LogP contribution in [0.5, 0.6) is 0 Å². The fourth-order valence-electron chi connectivity index (χ4n) is 3.71. The van der Waals surface area contributed by atoms with Crippen LogP contribution >= 0.6 is 11.3 Å². The largest absolute Gasteiger partial charge is 0.414 e. The van der Waals surface area contributed by atoms with Gasteiger partial charge in [-0.15, -0.1) is 11.3 Å². The lowest BCUT2D eigenvalue weighted by Gasteiger charge is -2.37. The average Bonchev–Trinajstić information content (AvgIpc) is 3.43. The van der Waals surface area contributed by atoms with Gasteiger partial charge < -0.3 is 19.8 Å². The van der Waals surface area contributed by atoms with Gasteiger partial charge in [-0.05, 0) is 35.6 Å². The van der Waals surface area contributed by atoms with Crippen LogP contribution in [0.1, 0.15) is 47.0 Å². The van der Waals surface area contributed by atoms with Crippen molar-refractivity contribution in [1.82, 2.24) is 10.2 Å². The van der Waals surface area contributed by atoms with Gasteiger partial charge in [0.2, 0.25) is 5.90 Å². The molecule has 1 fully saturated rings. The third-order valence-electron chi connectivity index (χ3n) is 5.58. The molecule has 0 radical (unpaired) electrons. The normalized spacial score (nSPS) is 17.4. The molecule has 1 spiro atoms. The van der Waals surface area contributed by atoms with Crippen LogP contribution in [0, 0.1) is 0 Å². The van der Waals surface area contributed by atoms with E-state index in [-0.39, 0.29) is 11.8 Å². The van der Waals surface area contributed by atoms with E-state index in [1.807, 2.05) is 46.7 Å². The lowest BCUT2D eigenvalue weighted by atomic mass is 9.88. The molecule has 0 saturated carbocycles. The van der Waals surface area contributed by atoms with E-state index in [0.717, 1.165) is 11.3 Å². The fourth-order valence-corrected chi connectivity index (χ4v) is 4.35. The van der Waals surface area contributed by atoms with Gasteiger partial charge in [-0.25, -0.2) is 4.79 Å². The van der Waals surface area contributed by atoms with Crippen molar-refractivity contribution in [2.75, 3.05) is 13.1 Å². The van der Waals surface area contributed by atoms with Crippen LogP contribution in [0.25, 0.3) is 0 Å². The monoisotopic (exact) mass is 427 g/mol. The van der Waals surface area contributed by atoms with Crippen molar-refractivity contribution >= 4 is 29.2 Å². The van der Waals surface area contributed by atoms with Crippen molar-refractivity contribution in [2.45, 2.75) is 44.8 Å². The van der Waals surface area contributed by atoms with E-state index >= 15 is 0 Å². The molecule has 2 amide bonds. The van der Waals surface area contributed by atoms with Gasteiger partial charge in [0.25, 0.3) is 5.91 Å². The van der Waals surface area contributed by atoms with Crippen LogP contribution in [-0.4, -0.2) is 41.5 Å². The number of nitrogens with zero attached hydrogens (tertiary/aromatic N) is 2. The number of carbonyl (C=O) groups is 2. The van der Waals surface area contributed by atoms with Gasteiger partial charge in [-0.1, -0.05) is 30.3 Å². The highest BCUT2D eigenvalue weighted by atomic mass is 32.1. The third-order valence-corrected chi connectivity index (χ3v) is 6.46. The molecule has 0 bridgehead atoms. The number of oxime groups is 1. The highest BCUT2D eigenvalue weighted by Gasteiger charge is 2.44. The summed E-state index contributed by atoms with van der Waals surface area (Å²) in [5.41, 5.74) is 1.43. The number of alkyl carbamates (subject to hydrolysis) is 1. The van der Waals surface area contributed by atoms with E-state index < -0.39 is 11.7 Å². The standard InChI is InChI=1S/C22H25N3O4S/c1-2-16-5-7-17(8-6-16)20(26)25-11-9-22(10-12-25)14-19(24-29-22)28-21(27)23-15-18-4-3-13-30-18/h3-8,13H,2,9-12,14-15H2,1H3,(H,23,27). The maximum atomic E-state index is 12.8. The average molecular weight is 428 g/mol. The zero-order chi connectivity index (χ0) is 21.0. The number of hydrogen-bond donors (Lipinski definition) is 1. The van der Waals surface area contributed by atoms with Gasteiger partial charge in [-0.2, -0.15) is 0 Å². The minimum Gasteiger partial charge on any atom is -0.392 e. The summed E-state index contributed by atoms with van der Waals surface area (Å²) >= 11 is 1.57. The summed E-state index contributed by atoms with van der Waals surface area (Å²) in [6.07, 6.45) is 2.16. The molecule has 8 heteroatoms. The van der Waals surface area contributed by atoms with Gasteiger partial charge in [0.05, 0.1) is 13.0 Å². The molecular weight excluding hydrogens is 402 g/mol. The van der Waals surface area contributed by atoms with Crippen molar-refractivity contribution in [3.8, 4) is 0 Å². The second kappa shape index (κ2) is 8.87. The number of piperidine rings is 1. The lowest BCUT2D eigenvalue weighted by molar-refractivity contribution is -0.0568. The van der Waals surface area contributed by atoms with Gasteiger partial charge in [0.15, 0.2) is 0 Å². The Morgan fingerprint density at radius 1 is 1.23 bits per heavy atom. The molecule has 2 aromatic rings. The smallest absolute Gasteiger partial charge is 0.392 e. The first-order chi connectivity index (χ1) is 14.6. The van der Waals surface area contributed by atoms with Gasteiger partial charge in [0.1, 0.15) is 5.60 Å². The van der Waals surface area contributed by atoms with Crippen LogP contribution in [-0.2, 0) is 22.5 Å². The van der Waals surface area contributed by atoms with E-state index in [2.05, 4.69) is 17.4 Å². The Kier molecular flexibility index (Phi) is 6.03. The SMILES string of the molecule is CCc1ccc(C(=O)N2CCC3(CC2)CC(OC(=O)NCc2cccs2)=NO3)cc1. The first kappa shape index (κ1) is 20.4. The van der Waals surface area contributed by atoms with Crippen LogP contribution in [0.4, 0.5) is 4.79 Å². The second-order valence-corrected chi connectivity index (χ2v) is 8.63. The van der Waals surface area contributed by atoms with E-state index in [1.54, 1.807) is 11.3 Å². The number of likely N-dealkylation sites (tertiary alicyclic amines) is 1. The molecule has 1 N–H and O–H groups in total. The van der Waals surface area contributed by atoms with Crippen molar-refractivity contribution in [3.63, 3.8) is 0 Å². The number of nitrogens with one attached hydrogen (secondary N) is 1. The Labute approximate surface area is 179 Å². The van der Waals surface area contributed by atoms with Gasteiger partial charge in [-0.3, -0.25) is 4.79 Å². The Morgan fingerprint density at radius 2 is 2.00 bits per heavy atom. The Bertz CT molecular complexity index is 916. The summed E-state index contributed by atoms with van der Waals surface area (Å²) in [6, 6.07) is 11.7. The quantitative estimate of drug-likeness (QED) is 0.801. The number of amides is 2. The number of aryl methyl sites for hydroxylation is 1. The summed E-state index contributed by atoms with van der Waals surface area (Å²) in [5, 5.41) is 8.65. The van der Waals surface area contributed by atoms with E-state index in [9.17, 15) is 9.59 Å². The molecule has 1 saturated heterocycles. The molecular formula is C22H25N3O4S. The molecule has 0 unspecified atom stereocenters. The number of thiophene rings is 1. The maximum Gasteiger partial charge on any atom is 0.414 e. The van der Waals surface area contributed by atoms with E-state index in [0.29, 0.717) is 44.5 Å². The number of hydrogen-bond acceptors (Lipinski definition) is 6. The fraction of sp³-hybridized carbons (Fsp3) is 0.409. The van der Waals surface area contributed by atoms with Crippen molar-refractivity contribution < 1.29 is 19.2 Å². The second-order valence-electron chi connectivity index (χ2n) is 7.60. The summed E-state index contributed by atoms with van der Waals surface area (Å²) < 4.78 is 5.30. The molecule has 4 rings (SSSR count). The number of ether oxygens (including phenoxy) is 1. The van der Waals surface area contributed by atoms with E-state index in [1.165, 1.54) is 5.56 Å². The highest BCUT2D eigenvalue weighted by Crippen LogP contribution is 2.35. The first-order valence-electron chi connectivity index (χ1n) is 10.2. The summed E-state index contributed by atoms with van der Waals surface area (Å²) in [4.78, 5) is 33.3. The molecule has 7 nitrogen and oxygen atoms in total. The van der Waals surface area contributed by atoms with Crippen molar-refractivity contribution in [2.24, 2.45) is 5.16 Å². The molecule has 2 aliphatic heterocycles. The molecule has 1 aromatic carbocycles. The van der Waals surface area contributed by atoms with Gasteiger partial charge >= 0.3 is 6.09 Å². The molecule has 2 aliphatic rings. The zero-order valence-electron chi connectivity index (χ0n) is 16.9. The predicted octanol–water partition coefficient (Wildman–Crippen LogP) is 3.95. The number of carbonyl (C=O) groups excluding carboxylic acids is 2. The molecule has 1 aromatic heterocycles. The predicted molar refractivity (Wildman–Crippen MR) is 114 cm³/mol. The highest BCUT2D eigenvalue weighted by molar-refractivity contribution is 7.09. The Morgan fingerprint density at radius 3 is 2.67 bits per heavy atom. The maximum absolute atomic E-state index is 12.8. The summed E-state index contributed by atoms with van der Waals surface area (Å²) in [5.74, 6) is 0.324. The van der Waals surface area contributed by atoms with Crippen LogP contribution in [0.3, 0.4) is 0 Å². The molecule has 3 heterocycles. The molecule has 0 atom stereocenters. The van der Waals surface area contributed by atoms with Crippen LogP contribution < -0.4 is 5.32 Å². The summed E-state index contributed by atoms with van der Waals surface area (Å²) in [7, 11) is 0. The molecule has 158 valence electrons. The molecule has 0 aliphatic carbocycles. The van der Waals surface area contributed by atoms with Crippen molar-refractivity contribution in [3.05, 3.63) is 57.8 Å². The van der Waals surface area contributed by atoms with Crippen LogP contribution in [0.15, 0.2) is 46.9 Å². The number of rotatable bonds is 4. The lowest BCUT2D eigenvalue weighted by Crippen LogP contribution is -2.47. The van der Waals surface area contributed by atoms with E-state index in [4.69, 9.17) is 9.57 Å². The topological polar surface area (TPSA) is 80.2 Å². The minimum absolute atomic E-state index is 0.0378.